The van der Waals surface area contributed by atoms with Gasteiger partial charge in [0.05, 0.1) is 11.0 Å². The highest BCUT2D eigenvalue weighted by Gasteiger charge is 2.26. The smallest absolute Gasteiger partial charge is 0.248 e. The van der Waals surface area contributed by atoms with E-state index in [0.29, 0.717) is 11.6 Å². The number of nitrogens with two attached hydrogens (primary N) is 1. The quantitative estimate of drug-likeness (QED) is 0.702. The summed E-state index contributed by atoms with van der Waals surface area (Å²) in [6.45, 7) is 7.83. The predicted molar refractivity (Wildman–Crippen MR) is 75.5 cm³/mol. The fourth-order valence-electron chi connectivity index (χ4n) is 2.20. The molecule has 0 bridgehead atoms. The zero-order chi connectivity index (χ0) is 13.5. The first-order chi connectivity index (χ1) is 8.60. The van der Waals surface area contributed by atoms with Gasteiger partial charge >= 0.3 is 0 Å². The maximum Gasteiger partial charge on any atom is 0.248 e. The lowest BCUT2D eigenvalue weighted by Gasteiger charge is -2.38. The number of hydrogen-bond donors (Lipinski definition) is 1. The molecular weight excluding hydrogens is 250 g/mol. The van der Waals surface area contributed by atoms with Gasteiger partial charge in [0.25, 0.3) is 0 Å². The summed E-state index contributed by atoms with van der Waals surface area (Å²) < 4.78 is 5.14. The highest BCUT2D eigenvalue weighted by molar-refractivity contribution is 7.80. The van der Waals surface area contributed by atoms with Crippen LogP contribution in [0.5, 0.6) is 0 Å². The molecule has 0 aromatic carbocycles. The molecule has 1 atom stereocenters. The van der Waals surface area contributed by atoms with Crippen LogP contribution in [0.15, 0.2) is 0 Å². The molecule has 1 unspecified atom stereocenters. The molecule has 1 aliphatic heterocycles. The van der Waals surface area contributed by atoms with Crippen molar-refractivity contribution in [2.75, 3.05) is 39.4 Å². The Hall–Kier alpha value is -0.720. The molecule has 1 amide bonds. The zero-order valence-corrected chi connectivity index (χ0v) is 12.0. The molecule has 0 radical (unpaired) electrons. The minimum absolute atomic E-state index is 0.0693. The summed E-state index contributed by atoms with van der Waals surface area (Å²) in [5.41, 5.74) is 5.73. The number of rotatable bonds is 6. The van der Waals surface area contributed by atoms with Crippen LogP contribution in [0.1, 0.15) is 20.3 Å². The second kappa shape index (κ2) is 7.66. The van der Waals surface area contributed by atoms with Gasteiger partial charge in [0, 0.05) is 32.8 Å². The van der Waals surface area contributed by atoms with Crippen molar-refractivity contribution in [2.24, 2.45) is 5.73 Å². The van der Waals surface area contributed by atoms with Gasteiger partial charge in [0.2, 0.25) is 5.91 Å². The second-order valence-electron chi connectivity index (χ2n) is 4.38. The van der Waals surface area contributed by atoms with Crippen molar-refractivity contribution in [3.8, 4) is 0 Å². The van der Waals surface area contributed by atoms with Gasteiger partial charge in [0.15, 0.2) is 0 Å². The molecule has 0 aromatic heterocycles. The standard InChI is InChI=1S/C12H23N3O2S/c1-3-10(12(13)18)14-5-7-15(8-6-14)11(16)9-17-4-2/h10H,3-9H2,1-2H3,(H2,13,18). The van der Waals surface area contributed by atoms with Gasteiger partial charge < -0.3 is 15.4 Å². The molecule has 1 saturated heterocycles. The summed E-state index contributed by atoms with van der Waals surface area (Å²) in [6, 6.07) is 0.157. The molecule has 18 heavy (non-hydrogen) atoms. The Morgan fingerprint density at radius 1 is 1.33 bits per heavy atom. The maximum atomic E-state index is 11.8. The van der Waals surface area contributed by atoms with Crippen molar-refractivity contribution in [3.05, 3.63) is 0 Å². The fourth-order valence-corrected chi connectivity index (χ4v) is 2.52. The lowest BCUT2D eigenvalue weighted by molar-refractivity contribution is -0.137. The first-order valence-electron chi connectivity index (χ1n) is 6.49. The normalized spacial score (nSPS) is 18.7. The Bertz CT molecular complexity index is 291. The predicted octanol–water partition coefficient (Wildman–Crippen LogP) is 0.232. The highest BCUT2D eigenvalue weighted by Crippen LogP contribution is 2.10. The Labute approximate surface area is 114 Å². The summed E-state index contributed by atoms with van der Waals surface area (Å²) in [5, 5.41) is 0. The molecule has 0 aliphatic carbocycles. The zero-order valence-electron chi connectivity index (χ0n) is 11.2. The number of thiocarbonyl (C=S) groups is 1. The molecule has 0 aromatic rings. The summed E-state index contributed by atoms with van der Waals surface area (Å²) in [5.74, 6) is 0.0693. The van der Waals surface area contributed by atoms with Crippen molar-refractivity contribution in [3.63, 3.8) is 0 Å². The number of amides is 1. The molecule has 0 saturated carbocycles. The number of hydrogen-bond acceptors (Lipinski definition) is 4. The van der Waals surface area contributed by atoms with E-state index in [1.807, 2.05) is 11.8 Å². The summed E-state index contributed by atoms with van der Waals surface area (Å²) in [6.07, 6.45) is 0.919. The third-order valence-corrected chi connectivity index (χ3v) is 3.52. The molecule has 6 heteroatoms. The molecule has 1 fully saturated rings. The van der Waals surface area contributed by atoms with Gasteiger partial charge in [-0.05, 0) is 13.3 Å². The van der Waals surface area contributed by atoms with Crippen LogP contribution in [0.4, 0.5) is 0 Å². The van der Waals surface area contributed by atoms with Crippen LogP contribution in [0, 0.1) is 0 Å². The van der Waals surface area contributed by atoms with Crippen molar-refractivity contribution in [1.82, 2.24) is 9.80 Å². The molecule has 2 N–H and O–H groups in total. The molecule has 1 rings (SSSR count). The van der Waals surface area contributed by atoms with E-state index >= 15 is 0 Å². The van der Waals surface area contributed by atoms with Crippen LogP contribution < -0.4 is 5.73 Å². The van der Waals surface area contributed by atoms with Crippen LogP contribution in [-0.2, 0) is 9.53 Å². The van der Waals surface area contributed by atoms with E-state index in [2.05, 4.69) is 11.8 Å². The first kappa shape index (κ1) is 15.3. The molecule has 5 nitrogen and oxygen atoms in total. The molecule has 104 valence electrons. The summed E-state index contributed by atoms with van der Waals surface area (Å²) >= 11 is 5.07. The molecular formula is C12H23N3O2S. The van der Waals surface area contributed by atoms with Gasteiger partial charge in [-0.25, -0.2) is 0 Å². The second-order valence-corrected chi connectivity index (χ2v) is 4.85. The van der Waals surface area contributed by atoms with Crippen LogP contribution in [0.25, 0.3) is 0 Å². The van der Waals surface area contributed by atoms with Gasteiger partial charge in [-0.1, -0.05) is 19.1 Å². The number of ether oxygens (including phenoxy) is 1. The van der Waals surface area contributed by atoms with Crippen LogP contribution in [-0.4, -0.2) is 66.1 Å². The topological polar surface area (TPSA) is 58.8 Å². The Kier molecular flexibility index (Phi) is 6.52. The monoisotopic (exact) mass is 273 g/mol. The molecule has 0 spiro atoms. The average molecular weight is 273 g/mol. The summed E-state index contributed by atoms with van der Waals surface area (Å²) in [7, 11) is 0. The fraction of sp³-hybridized carbons (Fsp3) is 0.833. The number of nitrogens with zero attached hydrogens (tertiary/aromatic N) is 2. The van der Waals surface area contributed by atoms with Crippen molar-refractivity contribution in [2.45, 2.75) is 26.3 Å². The van der Waals surface area contributed by atoms with E-state index in [9.17, 15) is 4.79 Å². The van der Waals surface area contributed by atoms with Crippen molar-refractivity contribution < 1.29 is 9.53 Å². The third kappa shape index (κ3) is 4.19. The minimum atomic E-state index is 0.0693. The average Bonchev–Trinajstić information content (AvgIpc) is 2.37. The van der Waals surface area contributed by atoms with Crippen molar-refractivity contribution >= 4 is 23.1 Å². The Morgan fingerprint density at radius 3 is 2.39 bits per heavy atom. The highest BCUT2D eigenvalue weighted by atomic mass is 32.1. The van der Waals surface area contributed by atoms with Gasteiger partial charge in [-0.2, -0.15) is 0 Å². The number of carbonyl (C=O) groups excluding carboxylic acids is 1. The first-order valence-corrected chi connectivity index (χ1v) is 6.89. The largest absolute Gasteiger partial charge is 0.392 e. The number of piperazine rings is 1. The maximum absolute atomic E-state index is 11.8. The number of carbonyl (C=O) groups is 1. The Balaban J connectivity index is 2.40. The van der Waals surface area contributed by atoms with Crippen LogP contribution >= 0.6 is 12.2 Å². The molecule has 1 heterocycles. The van der Waals surface area contributed by atoms with E-state index < -0.39 is 0 Å². The van der Waals surface area contributed by atoms with E-state index in [-0.39, 0.29) is 18.6 Å². The van der Waals surface area contributed by atoms with E-state index in [0.717, 1.165) is 32.6 Å². The Morgan fingerprint density at radius 2 is 1.94 bits per heavy atom. The minimum Gasteiger partial charge on any atom is -0.392 e. The van der Waals surface area contributed by atoms with Crippen molar-refractivity contribution in [1.29, 1.82) is 0 Å². The SMILES string of the molecule is CCOCC(=O)N1CCN(C(CC)C(N)=S)CC1. The van der Waals surface area contributed by atoms with Crippen LogP contribution in [0.2, 0.25) is 0 Å². The lowest BCUT2D eigenvalue weighted by Crippen LogP contribution is -2.55. The summed E-state index contributed by atoms with van der Waals surface area (Å²) in [4.78, 5) is 16.4. The van der Waals surface area contributed by atoms with E-state index in [1.54, 1.807) is 0 Å². The van der Waals surface area contributed by atoms with Gasteiger partial charge in [0.1, 0.15) is 6.61 Å². The van der Waals surface area contributed by atoms with E-state index in [1.165, 1.54) is 0 Å². The van der Waals surface area contributed by atoms with Crippen LogP contribution in [0.3, 0.4) is 0 Å². The van der Waals surface area contributed by atoms with Gasteiger partial charge in [-0.15, -0.1) is 0 Å². The van der Waals surface area contributed by atoms with E-state index in [4.69, 9.17) is 22.7 Å². The third-order valence-electron chi connectivity index (χ3n) is 3.25. The van der Waals surface area contributed by atoms with Gasteiger partial charge in [-0.3, -0.25) is 9.69 Å². The molecule has 1 aliphatic rings. The lowest BCUT2D eigenvalue weighted by atomic mass is 10.1.